The first-order valence-electron chi connectivity index (χ1n) is 8.42. The van der Waals surface area contributed by atoms with Gasteiger partial charge in [0.05, 0.1) is 6.54 Å². The maximum atomic E-state index is 14.0. The predicted octanol–water partition coefficient (Wildman–Crippen LogP) is 0.720. The minimum absolute atomic E-state index is 0.0745. The number of halogens is 1. The number of carbonyl (C=O) groups is 3. The zero-order valence-electron chi connectivity index (χ0n) is 14.9. The molecule has 0 bridgehead atoms. The second-order valence-corrected chi connectivity index (χ2v) is 6.40. The molecule has 0 radical (unpaired) electrons. The van der Waals surface area contributed by atoms with Crippen molar-refractivity contribution in [2.75, 3.05) is 7.11 Å². The van der Waals surface area contributed by atoms with Gasteiger partial charge in [0.2, 0.25) is 0 Å². The minimum Gasteiger partial charge on any atom is -0.411 e. The first-order chi connectivity index (χ1) is 12.8. The maximum Gasteiger partial charge on any atom is 0.379 e. The molecule has 27 heavy (non-hydrogen) atoms. The molecule has 0 spiro atoms. The molecular weight excluding hydrogens is 357 g/mol. The monoisotopic (exact) mass is 375 g/mol. The van der Waals surface area contributed by atoms with Crippen LogP contribution in [0.15, 0.2) is 23.0 Å². The van der Waals surface area contributed by atoms with Gasteiger partial charge in [-0.1, -0.05) is 0 Å². The van der Waals surface area contributed by atoms with Gasteiger partial charge in [-0.2, -0.15) is 5.10 Å². The van der Waals surface area contributed by atoms with E-state index in [1.165, 1.54) is 13.2 Å². The Morgan fingerprint density at radius 3 is 2.48 bits per heavy atom. The molecule has 0 atom stereocenters. The van der Waals surface area contributed by atoms with E-state index in [1.807, 2.05) is 0 Å². The van der Waals surface area contributed by atoms with Crippen LogP contribution in [0.2, 0.25) is 0 Å². The van der Waals surface area contributed by atoms with Gasteiger partial charge in [0.25, 0.3) is 0 Å². The van der Waals surface area contributed by atoms with Gasteiger partial charge in [-0.25, -0.2) is 13.9 Å². The number of hydrogen-bond donors (Lipinski definition) is 0. The first kappa shape index (κ1) is 18.7. The highest BCUT2D eigenvalue weighted by molar-refractivity contribution is 6.25. The van der Waals surface area contributed by atoms with Gasteiger partial charge in [-0.3, -0.25) is 14.4 Å². The van der Waals surface area contributed by atoms with E-state index in [2.05, 4.69) is 5.10 Å². The maximum absolute atomic E-state index is 14.0. The Morgan fingerprint density at radius 2 is 1.89 bits per heavy atom. The van der Waals surface area contributed by atoms with Crippen molar-refractivity contribution in [1.82, 2.24) is 14.5 Å². The molecule has 2 aromatic rings. The molecule has 1 aromatic carbocycles. The van der Waals surface area contributed by atoms with Crippen LogP contribution in [-0.2, 0) is 16.1 Å². The molecule has 1 aliphatic rings. The van der Waals surface area contributed by atoms with Crippen LogP contribution in [0.25, 0.3) is 0 Å². The Morgan fingerprint density at radius 1 is 1.22 bits per heavy atom. The highest BCUT2D eigenvalue weighted by Crippen LogP contribution is 2.23. The molecule has 3 rings (SSSR count). The Bertz CT molecular complexity index is 975. The highest BCUT2D eigenvalue weighted by atomic mass is 19.1. The normalized spacial score (nSPS) is 15.2. The van der Waals surface area contributed by atoms with E-state index in [1.54, 1.807) is 6.92 Å². The number of nitrogens with zero attached hydrogens (tertiary/aromatic N) is 3. The summed E-state index contributed by atoms with van der Waals surface area (Å²) in [7, 11) is 1.32. The molecule has 1 aromatic heterocycles. The number of Topliss-reactive ketones (excluding diaryl/α,β-unsaturated/α-hetero) is 3. The van der Waals surface area contributed by atoms with Crippen molar-refractivity contribution in [1.29, 1.82) is 0 Å². The largest absolute Gasteiger partial charge is 0.411 e. The molecule has 0 amide bonds. The molecule has 0 saturated heterocycles. The molecule has 8 nitrogen and oxygen atoms in total. The summed E-state index contributed by atoms with van der Waals surface area (Å²) >= 11 is 0. The third-order valence-electron chi connectivity index (χ3n) is 4.46. The van der Waals surface area contributed by atoms with Gasteiger partial charge in [-0.05, 0) is 37.1 Å². The van der Waals surface area contributed by atoms with Crippen molar-refractivity contribution >= 4 is 17.3 Å². The van der Waals surface area contributed by atoms with Crippen LogP contribution in [0.5, 0.6) is 0 Å². The summed E-state index contributed by atoms with van der Waals surface area (Å²) in [6, 6.07) is 3.52. The number of hydrogen-bond acceptors (Lipinski definition) is 6. The van der Waals surface area contributed by atoms with Crippen LogP contribution in [0, 0.1) is 18.7 Å². The topological polar surface area (TPSA) is 100 Å². The van der Waals surface area contributed by atoms with Gasteiger partial charge in [-0.15, -0.1) is 4.73 Å². The second kappa shape index (κ2) is 7.26. The summed E-state index contributed by atoms with van der Waals surface area (Å²) in [5.74, 6) is -3.35. The van der Waals surface area contributed by atoms with Gasteiger partial charge in [0.15, 0.2) is 23.2 Å². The van der Waals surface area contributed by atoms with Gasteiger partial charge < -0.3 is 4.84 Å². The molecule has 0 aliphatic heterocycles. The summed E-state index contributed by atoms with van der Waals surface area (Å²) in [5.41, 5.74) is -0.323. The zero-order valence-corrected chi connectivity index (χ0v) is 14.9. The fourth-order valence-electron chi connectivity index (χ4n) is 3.24. The van der Waals surface area contributed by atoms with Crippen molar-refractivity contribution in [2.45, 2.75) is 32.7 Å². The van der Waals surface area contributed by atoms with E-state index in [-0.39, 0.29) is 24.9 Å². The fraction of sp³-hybridized carbons (Fsp3) is 0.389. The minimum atomic E-state index is -1.37. The van der Waals surface area contributed by atoms with E-state index >= 15 is 0 Å². The summed E-state index contributed by atoms with van der Waals surface area (Å²) < 4.78 is 16.1. The fourth-order valence-corrected chi connectivity index (χ4v) is 3.24. The summed E-state index contributed by atoms with van der Waals surface area (Å²) in [5, 5.41) is 4.02. The Kier molecular flexibility index (Phi) is 5.02. The molecular formula is C18H18FN3O5. The van der Waals surface area contributed by atoms with Crippen molar-refractivity contribution < 1.29 is 23.6 Å². The average molecular weight is 375 g/mol. The Balaban J connectivity index is 1.93. The van der Waals surface area contributed by atoms with Crippen molar-refractivity contribution in [3.05, 3.63) is 51.5 Å². The predicted molar refractivity (Wildman–Crippen MR) is 90.9 cm³/mol. The van der Waals surface area contributed by atoms with Gasteiger partial charge in [0, 0.05) is 18.4 Å². The quantitative estimate of drug-likeness (QED) is 0.564. The van der Waals surface area contributed by atoms with E-state index in [9.17, 15) is 23.6 Å². The molecule has 0 N–H and O–H groups in total. The van der Waals surface area contributed by atoms with E-state index in [0.29, 0.717) is 17.8 Å². The summed E-state index contributed by atoms with van der Waals surface area (Å²) in [6.45, 7) is 1.48. The summed E-state index contributed by atoms with van der Waals surface area (Å²) in [4.78, 5) is 53.7. The summed E-state index contributed by atoms with van der Waals surface area (Å²) in [6.07, 6.45) is 0.751. The molecule has 0 unspecified atom stereocenters. The molecule has 9 heteroatoms. The Hall–Kier alpha value is -3.10. The van der Waals surface area contributed by atoms with Crippen LogP contribution >= 0.6 is 0 Å². The van der Waals surface area contributed by atoms with Gasteiger partial charge in [0.1, 0.15) is 18.8 Å². The number of ketones is 3. The van der Waals surface area contributed by atoms with E-state index in [4.69, 9.17) is 4.84 Å². The van der Waals surface area contributed by atoms with E-state index < -0.39 is 34.8 Å². The Labute approximate surface area is 153 Å². The standard InChI is InChI=1S/C18H18FN3O5/c1-10-20-21(18(26)22(10)27-2)9-11-6-12(8-13(19)7-11)17(25)16-14(23)4-3-5-15(16)24/h6-8,16H,3-5,9H2,1-2H3. The smallest absolute Gasteiger partial charge is 0.379 e. The van der Waals surface area contributed by atoms with Crippen LogP contribution in [-0.4, -0.2) is 39.0 Å². The molecule has 142 valence electrons. The van der Waals surface area contributed by atoms with Gasteiger partial charge >= 0.3 is 5.69 Å². The van der Waals surface area contributed by atoms with Crippen molar-refractivity contribution in [3.63, 3.8) is 0 Å². The second-order valence-electron chi connectivity index (χ2n) is 6.40. The lowest BCUT2D eigenvalue weighted by molar-refractivity contribution is -0.133. The van der Waals surface area contributed by atoms with Crippen molar-refractivity contribution in [3.8, 4) is 0 Å². The third-order valence-corrected chi connectivity index (χ3v) is 4.46. The average Bonchev–Trinajstić information content (AvgIpc) is 2.87. The number of aryl methyl sites for hydroxylation is 1. The lowest BCUT2D eigenvalue weighted by Crippen LogP contribution is -2.35. The zero-order chi connectivity index (χ0) is 19.7. The van der Waals surface area contributed by atoms with Crippen LogP contribution in [0.1, 0.15) is 41.0 Å². The molecule has 1 fully saturated rings. The third kappa shape index (κ3) is 3.57. The van der Waals surface area contributed by atoms with E-state index in [0.717, 1.165) is 21.5 Å². The number of aromatic nitrogens is 3. The molecule has 1 heterocycles. The number of benzene rings is 1. The lowest BCUT2D eigenvalue weighted by Gasteiger charge is -2.18. The number of carbonyl (C=O) groups excluding carboxylic acids is 3. The SMILES string of the molecule is COn1c(C)nn(Cc2cc(F)cc(C(=O)C3C(=O)CCCC3=O)c2)c1=O. The molecule has 1 aliphatic carbocycles. The highest BCUT2D eigenvalue weighted by Gasteiger charge is 2.36. The first-order valence-corrected chi connectivity index (χ1v) is 8.42. The van der Waals surface area contributed by atoms with Crippen LogP contribution < -0.4 is 10.5 Å². The van der Waals surface area contributed by atoms with Crippen LogP contribution in [0.4, 0.5) is 4.39 Å². The molecule has 1 saturated carbocycles. The van der Waals surface area contributed by atoms with Crippen LogP contribution in [0.3, 0.4) is 0 Å². The van der Waals surface area contributed by atoms with Crippen molar-refractivity contribution in [2.24, 2.45) is 5.92 Å². The lowest BCUT2D eigenvalue weighted by atomic mass is 9.81. The number of rotatable bonds is 5.